The van der Waals surface area contributed by atoms with Crippen molar-refractivity contribution in [2.24, 2.45) is 5.41 Å². The smallest absolute Gasteiger partial charge is 0.161 e. The van der Waals surface area contributed by atoms with Crippen molar-refractivity contribution in [2.45, 2.75) is 59.7 Å². The lowest BCUT2D eigenvalue weighted by atomic mass is 9.82. The van der Waals surface area contributed by atoms with E-state index in [9.17, 15) is 0 Å². The molecule has 0 aliphatic heterocycles. The third kappa shape index (κ3) is 8.25. The molecule has 0 aliphatic rings. The van der Waals surface area contributed by atoms with Crippen LogP contribution in [0.5, 0.6) is 11.5 Å². The van der Waals surface area contributed by atoms with Gasteiger partial charge >= 0.3 is 0 Å². The predicted molar refractivity (Wildman–Crippen MR) is 126 cm³/mol. The minimum absolute atomic E-state index is 0. The maximum absolute atomic E-state index is 6.22. The lowest BCUT2D eigenvalue weighted by molar-refractivity contribution is 0.240. The number of nitrogens with one attached hydrogen (secondary N) is 1. The van der Waals surface area contributed by atoms with Crippen molar-refractivity contribution in [3.05, 3.63) is 57.6 Å². The standard InChI is InChI=1S/C23H31Cl2NO2.ClH/c1-22(2,3)15-23(4,5)26-13-16-10-11-20(21(12-16)27-6)28-14-17-18(24)8-7-9-19(17)25;/h7-12,26H,13-15H2,1-6H3;1H. The van der Waals surface area contributed by atoms with Gasteiger partial charge in [0.15, 0.2) is 11.5 Å². The summed E-state index contributed by atoms with van der Waals surface area (Å²) in [6, 6.07) is 11.4. The fourth-order valence-corrected chi connectivity index (χ4v) is 4.00. The van der Waals surface area contributed by atoms with Gasteiger partial charge < -0.3 is 14.8 Å². The highest BCUT2D eigenvalue weighted by atomic mass is 35.5. The van der Waals surface area contributed by atoms with E-state index in [1.807, 2.05) is 24.3 Å². The van der Waals surface area contributed by atoms with Crippen LogP contribution in [0.2, 0.25) is 10.0 Å². The lowest BCUT2D eigenvalue weighted by Gasteiger charge is -2.33. The van der Waals surface area contributed by atoms with E-state index in [4.69, 9.17) is 32.7 Å². The Kier molecular flexibility index (Phi) is 9.62. The zero-order valence-electron chi connectivity index (χ0n) is 18.1. The van der Waals surface area contributed by atoms with Crippen molar-refractivity contribution < 1.29 is 9.47 Å². The zero-order chi connectivity index (χ0) is 20.9. The van der Waals surface area contributed by atoms with Gasteiger partial charge in [-0.15, -0.1) is 12.4 Å². The minimum atomic E-state index is 0. The van der Waals surface area contributed by atoms with Crippen molar-refractivity contribution in [1.82, 2.24) is 5.32 Å². The summed E-state index contributed by atoms with van der Waals surface area (Å²) in [6.45, 7) is 12.3. The predicted octanol–water partition coefficient (Wildman–Crippen LogP) is 7.31. The second kappa shape index (κ2) is 10.8. The molecule has 0 atom stereocenters. The maximum Gasteiger partial charge on any atom is 0.161 e. The molecule has 0 aliphatic carbocycles. The summed E-state index contributed by atoms with van der Waals surface area (Å²) in [4.78, 5) is 0. The first kappa shape index (κ1) is 25.9. The Bertz CT molecular complexity index is 781. The molecule has 0 unspecified atom stereocenters. The van der Waals surface area contributed by atoms with Gasteiger partial charge in [0, 0.05) is 27.7 Å². The number of rotatable bonds is 8. The zero-order valence-corrected chi connectivity index (χ0v) is 20.4. The second-order valence-corrected chi connectivity index (χ2v) is 9.76. The molecule has 0 aromatic heterocycles. The summed E-state index contributed by atoms with van der Waals surface area (Å²) >= 11 is 12.4. The Morgan fingerprint density at radius 3 is 2.10 bits per heavy atom. The van der Waals surface area contributed by atoms with E-state index in [1.165, 1.54) is 0 Å². The van der Waals surface area contributed by atoms with Crippen LogP contribution in [-0.2, 0) is 13.2 Å². The summed E-state index contributed by atoms with van der Waals surface area (Å²) in [6.07, 6.45) is 1.08. The molecule has 0 amide bonds. The minimum Gasteiger partial charge on any atom is -0.493 e. The van der Waals surface area contributed by atoms with Gasteiger partial charge in [-0.3, -0.25) is 0 Å². The van der Waals surface area contributed by atoms with Crippen LogP contribution in [0.4, 0.5) is 0 Å². The highest BCUT2D eigenvalue weighted by Gasteiger charge is 2.24. The Morgan fingerprint density at radius 1 is 0.931 bits per heavy atom. The van der Waals surface area contributed by atoms with Gasteiger partial charge in [-0.25, -0.2) is 0 Å². The Morgan fingerprint density at radius 2 is 1.55 bits per heavy atom. The average Bonchev–Trinajstić information content (AvgIpc) is 2.58. The van der Waals surface area contributed by atoms with Gasteiger partial charge in [-0.2, -0.15) is 0 Å². The highest BCUT2D eigenvalue weighted by Crippen LogP contribution is 2.32. The average molecular weight is 461 g/mol. The van der Waals surface area contributed by atoms with Gasteiger partial charge in [0.2, 0.25) is 0 Å². The van der Waals surface area contributed by atoms with Gasteiger partial charge in [-0.1, -0.05) is 56.1 Å². The summed E-state index contributed by atoms with van der Waals surface area (Å²) in [5.41, 5.74) is 2.22. The van der Waals surface area contributed by atoms with Gasteiger partial charge in [0.05, 0.1) is 7.11 Å². The van der Waals surface area contributed by atoms with Crippen LogP contribution in [0.15, 0.2) is 36.4 Å². The number of ether oxygens (including phenoxy) is 2. The third-order valence-electron chi connectivity index (χ3n) is 4.41. The molecule has 1 N–H and O–H groups in total. The molecular formula is C23H32Cl3NO2. The van der Waals surface area contributed by atoms with Gasteiger partial charge in [0.1, 0.15) is 6.61 Å². The molecule has 2 aromatic rings. The summed E-state index contributed by atoms with van der Waals surface area (Å²) < 4.78 is 11.5. The fourth-order valence-electron chi connectivity index (χ4n) is 3.49. The highest BCUT2D eigenvalue weighted by molar-refractivity contribution is 6.35. The van der Waals surface area contributed by atoms with Crippen LogP contribution in [0.1, 0.15) is 52.2 Å². The van der Waals surface area contributed by atoms with E-state index >= 15 is 0 Å². The third-order valence-corrected chi connectivity index (χ3v) is 5.11. The number of halogens is 3. The van der Waals surface area contributed by atoms with Crippen LogP contribution in [0.25, 0.3) is 0 Å². The number of hydrogen-bond donors (Lipinski definition) is 1. The number of methoxy groups -OCH3 is 1. The van der Waals surface area contributed by atoms with E-state index in [0.717, 1.165) is 24.1 Å². The molecule has 0 fully saturated rings. The molecule has 0 bridgehead atoms. The fraction of sp³-hybridized carbons (Fsp3) is 0.478. The van der Waals surface area contributed by atoms with Crippen LogP contribution in [0.3, 0.4) is 0 Å². The molecule has 0 saturated carbocycles. The summed E-state index contributed by atoms with van der Waals surface area (Å²) in [7, 11) is 1.64. The molecule has 2 aromatic carbocycles. The quantitative estimate of drug-likeness (QED) is 0.448. The van der Waals surface area contributed by atoms with Crippen LogP contribution < -0.4 is 14.8 Å². The monoisotopic (exact) mass is 459 g/mol. The molecule has 162 valence electrons. The first-order valence-electron chi connectivity index (χ1n) is 9.48. The molecule has 3 nitrogen and oxygen atoms in total. The molecule has 29 heavy (non-hydrogen) atoms. The largest absolute Gasteiger partial charge is 0.493 e. The number of hydrogen-bond acceptors (Lipinski definition) is 3. The number of benzene rings is 2. The second-order valence-electron chi connectivity index (χ2n) is 8.95. The van der Waals surface area contributed by atoms with Crippen LogP contribution in [-0.4, -0.2) is 12.6 Å². The lowest BCUT2D eigenvalue weighted by Crippen LogP contribution is -2.41. The van der Waals surface area contributed by atoms with Crippen LogP contribution in [0, 0.1) is 5.41 Å². The van der Waals surface area contributed by atoms with E-state index in [2.05, 4.69) is 39.9 Å². The topological polar surface area (TPSA) is 30.5 Å². The Balaban J connectivity index is 0.00000420. The van der Waals surface area contributed by atoms with E-state index < -0.39 is 0 Å². The normalized spacial score (nSPS) is 11.7. The molecule has 2 rings (SSSR count). The first-order chi connectivity index (χ1) is 13.0. The molecular weight excluding hydrogens is 429 g/mol. The first-order valence-corrected chi connectivity index (χ1v) is 10.2. The van der Waals surface area contributed by atoms with Gasteiger partial charge in [-0.05, 0) is 55.5 Å². The summed E-state index contributed by atoms with van der Waals surface area (Å²) in [5.74, 6) is 1.35. The molecule has 0 spiro atoms. The van der Waals surface area contributed by atoms with Gasteiger partial charge in [0.25, 0.3) is 0 Å². The van der Waals surface area contributed by atoms with Crippen molar-refractivity contribution in [2.75, 3.05) is 7.11 Å². The van der Waals surface area contributed by atoms with Crippen molar-refractivity contribution in [3.8, 4) is 11.5 Å². The maximum atomic E-state index is 6.22. The van der Waals surface area contributed by atoms with E-state index in [-0.39, 0.29) is 30.0 Å². The molecule has 0 radical (unpaired) electrons. The molecule has 6 heteroatoms. The van der Waals surface area contributed by atoms with Crippen LogP contribution >= 0.6 is 35.6 Å². The SMILES string of the molecule is COc1cc(CNC(C)(C)CC(C)(C)C)ccc1OCc1c(Cl)cccc1Cl.Cl. The molecule has 0 heterocycles. The van der Waals surface area contributed by atoms with Crippen molar-refractivity contribution in [3.63, 3.8) is 0 Å². The Hall–Kier alpha value is -1.13. The summed E-state index contributed by atoms with van der Waals surface area (Å²) in [5, 5.41) is 4.83. The van der Waals surface area contributed by atoms with E-state index in [0.29, 0.717) is 21.5 Å². The van der Waals surface area contributed by atoms with E-state index in [1.54, 1.807) is 19.2 Å². The Labute approximate surface area is 191 Å². The van der Waals surface area contributed by atoms with Crippen molar-refractivity contribution in [1.29, 1.82) is 0 Å². The molecule has 0 saturated heterocycles. The van der Waals surface area contributed by atoms with Crippen molar-refractivity contribution >= 4 is 35.6 Å².